The minimum Gasteiger partial charge on any atom is -0.384 e. The highest BCUT2D eigenvalue weighted by Gasteiger charge is 2.14. The van der Waals surface area contributed by atoms with Crippen molar-refractivity contribution in [2.75, 3.05) is 13.7 Å². The van der Waals surface area contributed by atoms with Gasteiger partial charge in [-0.1, -0.05) is 11.8 Å². The van der Waals surface area contributed by atoms with Crippen molar-refractivity contribution in [2.45, 2.75) is 6.54 Å². The predicted molar refractivity (Wildman–Crippen MR) is 70.4 cm³/mol. The van der Waals surface area contributed by atoms with Crippen LogP contribution in [-0.2, 0) is 6.54 Å². The van der Waals surface area contributed by atoms with Gasteiger partial charge in [0.05, 0.1) is 6.54 Å². The van der Waals surface area contributed by atoms with E-state index < -0.39 is 0 Å². The maximum Gasteiger partial charge on any atom is 0.272 e. The van der Waals surface area contributed by atoms with Crippen molar-refractivity contribution in [2.24, 2.45) is 0 Å². The molecular weight excluding hydrogens is 258 g/mol. The zero-order chi connectivity index (χ0) is 14.4. The first kappa shape index (κ1) is 13.7. The summed E-state index contributed by atoms with van der Waals surface area (Å²) >= 11 is 0. The summed E-state index contributed by atoms with van der Waals surface area (Å²) in [6, 6.07) is 3.28. The Morgan fingerprint density at radius 1 is 1.45 bits per heavy atom. The van der Waals surface area contributed by atoms with Crippen LogP contribution in [0.25, 0.3) is 0 Å². The second kappa shape index (κ2) is 6.45. The number of rotatable bonds is 3. The standard InChI is InChI=1S/C13H13N5O2/c1-18(8-12-15-9-16-17-12)13(20)11-5-4-10(7-14-11)3-2-6-19/h4-5,7,9,19H,6,8H2,1H3,(H,15,16,17). The van der Waals surface area contributed by atoms with Gasteiger partial charge in [-0.15, -0.1) is 0 Å². The number of carbonyl (C=O) groups is 1. The minimum absolute atomic E-state index is 0.208. The normalized spacial score (nSPS) is 9.70. The zero-order valence-electron chi connectivity index (χ0n) is 10.9. The molecule has 0 bridgehead atoms. The summed E-state index contributed by atoms with van der Waals surface area (Å²) in [5.41, 5.74) is 0.968. The lowest BCUT2D eigenvalue weighted by Crippen LogP contribution is -2.27. The highest BCUT2D eigenvalue weighted by Crippen LogP contribution is 2.04. The molecule has 0 saturated carbocycles. The molecule has 7 heteroatoms. The average molecular weight is 271 g/mol. The highest BCUT2D eigenvalue weighted by molar-refractivity contribution is 5.92. The van der Waals surface area contributed by atoms with E-state index in [1.54, 1.807) is 19.2 Å². The van der Waals surface area contributed by atoms with Crippen molar-refractivity contribution in [1.29, 1.82) is 0 Å². The van der Waals surface area contributed by atoms with Crippen molar-refractivity contribution >= 4 is 5.91 Å². The molecular formula is C13H13N5O2. The van der Waals surface area contributed by atoms with Crippen LogP contribution in [0.4, 0.5) is 0 Å². The Kier molecular flexibility index (Phi) is 4.42. The lowest BCUT2D eigenvalue weighted by atomic mass is 10.2. The molecule has 2 aromatic heterocycles. The van der Waals surface area contributed by atoms with E-state index in [0.29, 0.717) is 23.6 Å². The molecule has 0 aliphatic rings. The van der Waals surface area contributed by atoms with E-state index in [-0.39, 0.29) is 12.5 Å². The number of nitrogens with one attached hydrogen (secondary N) is 1. The lowest BCUT2D eigenvalue weighted by Gasteiger charge is -2.14. The van der Waals surface area contributed by atoms with Gasteiger partial charge in [-0.25, -0.2) is 9.97 Å². The molecule has 0 fully saturated rings. The molecule has 0 radical (unpaired) electrons. The van der Waals surface area contributed by atoms with E-state index in [4.69, 9.17) is 5.11 Å². The van der Waals surface area contributed by atoms with E-state index in [9.17, 15) is 4.79 Å². The second-order valence-corrected chi connectivity index (χ2v) is 3.99. The van der Waals surface area contributed by atoms with Gasteiger partial charge in [0.2, 0.25) is 0 Å². The molecule has 0 spiro atoms. The number of aliphatic hydroxyl groups excluding tert-OH is 1. The Labute approximate surface area is 115 Å². The number of hydrogen-bond donors (Lipinski definition) is 2. The summed E-state index contributed by atoms with van der Waals surface area (Å²) in [4.78, 5) is 21.6. The van der Waals surface area contributed by atoms with Crippen LogP contribution in [0.1, 0.15) is 21.9 Å². The van der Waals surface area contributed by atoms with E-state index in [1.807, 2.05) is 0 Å². The van der Waals surface area contributed by atoms with E-state index in [1.165, 1.54) is 17.4 Å². The monoisotopic (exact) mass is 271 g/mol. The van der Waals surface area contributed by atoms with Gasteiger partial charge in [0.15, 0.2) is 0 Å². The Hall–Kier alpha value is -2.72. The Bertz CT molecular complexity index is 625. The van der Waals surface area contributed by atoms with Crippen LogP contribution in [0.3, 0.4) is 0 Å². The van der Waals surface area contributed by atoms with Crippen LogP contribution in [0.2, 0.25) is 0 Å². The SMILES string of the molecule is CN(Cc1ncn[nH]1)C(=O)c1ccc(C#CCO)cn1. The van der Waals surface area contributed by atoms with Gasteiger partial charge >= 0.3 is 0 Å². The summed E-state index contributed by atoms with van der Waals surface area (Å²) < 4.78 is 0. The smallest absolute Gasteiger partial charge is 0.272 e. The predicted octanol–water partition coefficient (Wildman–Crippen LogP) is -0.184. The molecule has 0 aromatic carbocycles. The summed E-state index contributed by atoms with van der Waals surface area (Å²) in [5.74, 6) is 5.62. The molecule has 1 amide bonds. The summed E-state index contributed by atoms with van der Waals surface area (Å²) in [5, 5.41) is 15.0. The van der Waals surface area contributed by atoms with Gasteiger partial charge in [0.1, 0.15) is 24.5 Å². The fourth-order valence-corrected chi connectivity index (χ4v) is 1.53. The quantitative estimate of drug-likeness (QED) is 0.755. The molecule has 2 N–H and O–H groups in total. The molecule has 0 saturated heterocycles. The molecule has 0 aliphatic carbocycles. The number of amides is 1. The molecule has 2 aromatic rings. The molecule has 7 nitrogen and oxygen atoms in total. The summed E-state index contributed by atoms with van der Waals surface area (Å²) in [7, 11) is 1.66. The van der Waals surface area contributed by atoms with Crippen LogP contribution >= 0.6 is 0 Å². The van der Waals surface area contributed by atoms with Crippen molar-refractivity contribution in [3.8, 4) is 11.8 Å². The van der Waals surface area contributed by atoms with Crippen LogP contribution in [0.15, 0.2) is 24.7 Å². The van der Waals surface area contributed by atoms with E-state index in [2.05, 4.69) is 32.0 Å². The molecule has 20 heavy (non-hydrogen) atoms. The first-order chi connectivity index (χ1) is 9.70. The summed E-state index contributed by atoms with van der Waals surface area (Å²) in [6.45, 7) is 0.118. The van der Waals surface area contributed by atoms with Crippen LogP contribution in [-0.4, -0.2) is 49.7 Å². The topological polar surface area (TPSA) is 95.0 Å². The number of pyridine rings is 1. The maximum atomic E-state index is 12.1. The molecule has 102 valence electrons. The molecule has 0 aliphatic heterocycles. The number of aliphatic hydroxyl groups is 1. The molecule has 0 atom stereocenters. The fourth-order valence-electron chi connectivity index (χ4n) is 1.53. The maximum absolute atomic E-state index is 12.1. The third kappa shape index (κ3) is 3.40. The minimum atomic E-state index is -0.219. The Morgan fingerprint density at radius 2 is 2.30 bits per heavy atom. The Balaban J connectivity index is 2.05. The second-order valence-electron chi connectivity index (χ2n) is 3.99. The van der Waals surface area contributed by atoms with E-state index in [0.717, 1.165) is 0 Å². The number of carbonyl (C=O) groups excluding carboxylic acids is 1. The van der Waals surface area contributed by atoms with Crippen LogP contribution in [0, 0.1) is 11.8 Å². The zero-order valence-corrected chi connectivity index (χ0v) is 10.9. The highest BCUT2D eigenvalue weighted by atomic mass is 16.2. The third-order valence-corrected chi connectivity index (χ3v) is 2.49. The van der Waals surface area contributed by atoms with Crippen LogP contribution in [0.5, 0.6) is 0 Å². The van der Waals surface area contributed by atoms with Gasteiger partial charge in [-0.3, -0.25) is 9.89 Å². The van der Waals surface area contributed by atoms with Crippen molar-refractivity contribution < 1.29 is 9.90 Å². The number of hydrogen-bond acceptors (Lipinski definition) is 5. The van der Waals surface area contributed by atoms with Gasteiger partial charge in [0.25, 0.3) is 5.91 Å². The largest absolute Gasteiger partial charge is 0.384 e. The first-order valence-corrected chi connectivity index (χ1v) is 5.86. The first-order valence-electron chi connectivity index (χ1n) is 5.86. The van der Waals surface area contributed by atoms with Crippen molar-refractivity contribution in [1.82, 2.24) is 25.1 Å². The van der Waals surface area contributed by atoms with Gasteiger partial charge in [-0.2, -0.15) is 5.10 Å². The summed E-state index contributed by atoms with van der Waals surface area (Å²) in [6.07, 6.45) is 2.89. The third-order valence-electron chi connectivity index (χ3n) is 2.49. The average Bonchev–Trinajstić information content (AvgIpc) is 2.97. The number of aromatic amines is 1. The van der Waals surface area contributed by atoms with Crippen LogP contribution < -0.4 is 0 Å². The van der Waals surface area contributed by atoms with E-state index >= 15 is 0 Å². The van der Waals surface area contributed by atoms with Gasteiger partial charge in [-0.05, 0) is 12.1 Å². The lowest BCUT2D eigenvalue weighted by molar-refractivity contribution is 0.0776. The number of H-pyrrole nitrogens is 1. The molecule has 2 heterocycles. The van der Waals surface area contributed by atoms with Crippen molar-refractivity contribution in [3.63, 3.8) is 0 Å². The van der Waals surface area contributed by atoms with Gasteiger partial charge in [0, 0.05) is 18.8 Å². The number of aromatic nitrogens is 4. The fraction of sp³-hybridized carbons (Fsp3) is 0.231. The Morgan fingerprint density at radius 3 is 2.90 bits per heavy atom. The van der Waals surface area contributed by atoms with Gasteiger partial charge < -0.3 is 10.0 Å². The van der Waals surface area contributed by atoms with Crippen molar-refractivity contribution in [3.05, 3.63) is 41.7 Å². The molecule has 2 rings (SSSR count). The molecule has 0 unspecified atom stereocenters. The number of nitrogens with zero attached hydrogens (tertiary/aromatic N) is 4.